The number of aromatic nitrogens is 2. The highest BCUT2D eigenvalue weighted by molar-refractivity contribution is 6.32. The van der Waals surface area contributed by atoms with Crippen LogP contribution in [-0.2, 0) is 0 Å². The summed E-state index contributed by atoms with van der Waals surface area (Å²) in [5.74, 6) is -0.810. The van der Waals surface area contributed by atoms with Crippen LogP contribution in [0.5, 0.6) is 0 Å². The highest BCUT2D eigenvalue weighted by atomic mass is 35.5. The van der Waals surface area contributed by atoms with Gasteiger partial charge in [0.05, 0.1) is 10.7 Å². The SMILES string of the molecule is Cc1cc(C)n(C(=O)/C=C/c2c(F)cccc2Cl)n1. The highest BCUT2D eigenvalue weighted by Crippen LogP contribution is 2.20. The zero-order valence-electron chi connectivity index (χ0n) is 10.5. The van der Waals surface area contributed by atoms with Gasteiger partial charge in [0.2, 0.25) is 0 Å². The van der Waals surface area contributed by atoms with Crippen molar-refractivity contribution in [2.24, 2.45) is 0 Å². The fourth-order valence-corrected chi connectivity index (χ4v) is 1.97. The summed E-state index contributed by atoms with van der Waals surface area (Å²) in [6, 6.07) is 6.16. The Morgan fingerprint density at radius 2 is 2.16 bits per heavy atom. The zero-order valence-corrected chi connectivity index (χ0v) is 11.3. The number of carbonyl (C=O) groups excluding carboxylic acids is 1. The molecular weight excluding hydrogens is 267 g/mol. The summed E-state index contributed by atoms with van der Waals surface area (Å²) in [5, 5.41) is 4.32. The Kier molecular flexibility index (Phi) is 3.81. The van der Waals surface area contributed by atoms with Crippen LogP contribution in [0.1, 0.15) is 21.7 Å². The molecule has 98 valence electrons. The number of benzene rings is 1. The van der Waals surface area contributed by atoms with Crippen molar-refractivity contribution in [1.82, 2.24) is 9.78 Å². The maximum Gasteiger partial charge on any atom is 0.271 e. The van der Waals surface area contributed by atoms with E-state index in [2.05, 4.69) is 5.10 Å². The second-order valence-corrected chi connectivity index (χ2v) is 4.55. The van der Waals surface area contributed by atoms with E-state index < -0.39 is 5.82 Å². The molecule has 0 aliphatic heterocycles. The number of aryl methyl sites for hydroxylation is 2. The Morgan fingerprint density at radius 1 is 1.42 bits per heavy atom. The Morgan fingerprint density at radius 3 is 2.74 bits per heavy atom. The van der Waals surface area contributed by atoms with Crippen molar-refractivity contribution in [3.05, 3.63) is 58.1 Å². The van der Waals surface area contributed by atoms with Crippen molar-refractivity contribution in [2.75, 3.05) is 0 Å². The van der Waals surface area contributed by atoms with Gasteiger partial charge in [-0.25, -0.2) is 9.07 Å². The van der Waals surface area contributed by atoms with Crippen LogP contribution in [-0.4, -0.2) is 15.7 Å². The van der Waals surface area contributed by atoms with Crippen LogP contribution in [0.25, 0.3) is 6.08 Å². The van der Waals surface area contributed by atoms with E-state index in [0.29, 0.717) is 0 Å². The quantitative estimate of drug-likeness (QED) is 0.786. The molecule has 2 rings (SSSR count). The van der Waals surface area contributed by atoms with E-state index in [-0.39, 0.29) is 16.5 Å². The lowest BCUT2D eigenvalue weighted by molar-refractivity contribution is 0.0952. The molecule has 0 unspecified atom stereocenters. The second kappa shape index (κ2) is 5.36. The van der Waals surface area contributed by atoms with Crippen molar-refractivity contribution in [2.45, 2.75) is 13.8 Å². The molecule has 0 amide bonds. The summed E-state index contributed by atoms with van der Waals surface area (Å²) in [4.78, 5) is 11.9. The molecule has 0 aliphatic rings. The summed E-state index contributed by atoms with van der Waals surface area (Å²) < 4.78 is 14.8. The molecule has 19 heavy (non-hydrogen) atoms. The lowest BCUT2D eigenvalue weighted by Crippen LogP contribution is -2.10. The van der Waals surface area contributed by atoms with Gasteiger partial charge in [-0.15, -0.1) is 0 Å². The van der Waals surface area contributed by atoms with Crippen LogP contribution in [0.15, 0.2) is 30.3 Å². The van der Waals surface area contributed by atoms with E-state index in [1.165, 1.54) is 29.0 Å². The molecule has 1 heterocycles. The van der Waals surface area contributed by atoms with E-state index in [1.54, 1.807) is 26.0 Å². The maximum absolute atomic E-state index is 13.5. The van der Waals surface area contributed by atoms with Gasteiger partial charge in [-0.3, -0.25) is 4.79 Å². The van der Waals surface area contributed by atoms with Gasteiger partial charge >= 0.3 is 0 Å². The van der Waals surface area contributed by atoms with E-state index in [9.17, 15) is 9.18 Å². The van der Waals surface area contributed by atoms with Crippen LogP contribution in [0.2, 0.25) is 5.02 Å². The molecule has 0 saturated carbocycles. The monoisotopic (exact) mass is 278 g/mol. The third kappa shape index (κ3) is 2.90. The first-order valence-corrected chi connectivity index (χ1v) is 6.06. The van der Waals surface area contributed by atoms with E-state index in [0.717, 1.165) is 11.4 Å². The number of allylic oxidation sites excluding steroid dienone is 1. The number of hydrogen-bond acceptors (Lipinski definition) is 2. The number of halogens is 2. The molecule has 5 heteroatoms. The topological polar surface area (TPSA) is 34.9 Å². The molecule has 0 radical (unpaired) electrons. The molecular formula is C14H12ClFN2O. The number of hydrogen-bond donors (Lipinski definition) is 0. The maximum atomic E-state index is 13.5. The van der Waals surface area contributed by atoms with Crippen LogP contribution in [0.3, 0.4) is 0 Å². The van der Waals surface area contributed by atoms with Crippen molar-refractivity contribution in [1.29, 1.82) is 0 Å². The van der Waals surface area contributed by atoms with E-state index in [1.807, 2.05) is 0 Å². The van der Waals surface area contributed by atoms with E-state index >= 15 is 0 Å². The lowest BCUT2D eigenvalue weighted by atomic mass is 10.2. The minimum absolute atomic E-state index is 0.194. The summed E-state index contributed by atoms with van der Waals surface area (Å²) >= 11 is 5.87. The van der Waals surface area contributed by atoms with Crippen LogP contribution < -0.4 is 0 Å². The zero-order chi connectivity index (χ0) is 14.0. The smallest absolute Gasteiger partial charge is 0.267 e. The summed E-state index contributed by atoms with van der Waals surface area (Å²) in [7, 11) is 0. The predicted octanol–water partition coefficient (Wildman–Crippen LogP) is 3.65. The Labute approximate surface area is 115 Å². The van der Waals surface area contributed by atoms with Gasteiger partial charge in [0, 0.05) is 17.3 Å². The van der Waals surface area contributed by atoms with E-state index in [4.69, 9.17) is 11.6 Å². The van der Waals surface area contributed by atoms with Crippen LogP contribution >= 0.6 is 11.6 Å². The first kappa shape index (κ1) is 13.5. The standard InChI is InChI=1S/C14H12ClFN2O/c1-9-8-10(2)18(17-9)14(19)7-6-11-12(15)4-3-5-13(11)16/h3-8H,1-2H3/b7-6+. The van der Waals surface area contributed by atoms with Gasteiger partial charge < -0.3 is 0 Å². The lowest BCUT2D eigenvalue weighted by Gasteiger charge is -2.00. The van der Waals surface area contributed by atoms with Gasteiger partial charge in [-0.1, -0.05) is 17.7 Å². The first-order valence-electron chi connectivity index (χ1n) is 5.68. The van der Waals surface area contributed by atoms with Crippen LogP contribution in [0, 0.1) is 19.7 Å². The molecule has 0 N–H and O–H groups in total. The molecule has 3 nitrogen and oxygen atoms in total. The number of nitrogens with zero attached hydrogens (tertiary/aromatic N) is 2. The third-order valence-electron chi connectivity index (χ3n) is 2.61. The highest BCUT2D eigenvalue weighted by Gasteiger charge is 2.08. The predicted molar refractivity (Wildman–Crippen MR) is 72.8 cm³/mol. The molecule has 1 aromatic heterocycles. The fourth-order valence-electron chi connectivity index (χ4n) is 1.75. The molecule has 0 saturated heterocycles. The Hall–Kier alpha value is -1.94. The van der Waals surface area contributed by atoms with Gasteiger partial charge in [0.1, 0.15) is 5.82 Å². The Bertz CT molecular complexity index is 641. The van der Waals surface area contributed by atoms with Gasteiger partial charge in [0.15, 0.2) is 0 Å². The average molecular weight is 279 g/mol. The summed E-state index contributed by atoms with van der Waals surface area (Å²) in [6.45, 7) is 3.58. The molecule has 0 bridgehead atoms. The molecule has 0 spiro atoms. The molecule has 1 aromatic carbocycles. The first-order chi connectivity index (χ1) is 8.99. The largest absolute Gasteiger partial charge is 0.271 e. The van der Waals surface area contributed by atoms with Crippen molar-refractivity contribution in [3.63, 3.8) is 0 Å². The second-order valence-electron chi connectivity index (χ2n) is 4.15. The van der Waals surface area contributed by atoms with Gasteiger partial charge in [-0.2, -0.15) is 5.10 Å². The Balaban J connectivity index is 2.28. The molecule has 2 aromatic rings. The number of rotatable bonds is 2. The number of carbonyl (C=O) groups is 1. The normalized spacial score (nSPS) is 11.2. The average Bonchev–Trinajstić information content (AvgIpc) is 2.67. The molecule has 0 fully saturated rings. The van der Waals surface area contributed by atoms with Gasteiger partial charge in [-0.05, 0) is 38.1 Å². The van der Waals surface area contributed by atoms with Gasteiger partial charge in [0.25, 0.3) is 5.91 Å². The van der Waals surface area contributed by atoms with Crippen molar-refractivity contribution >= 4 is 23.6 Å². The minimum atomic E-state index is -0.468. The molecule has 0 atom stereocenters. The summed E-state index contributed by atoms with van der Waals surface area (Å²) in [5.41, 5.74) is 1.68. The summed E-state index contributed by atoms with van der Waals surface area (Å²) in [6.07, 6.45) is 2.61. The van der Waals surface area contributed by atoms with Crippen molar-refractivity contribution in [3.8, 4) is 0 Å². The van der Waals surface area contributed by atoms with Crippen molar-refractivity contribution < 1.29 is 9.18 Å². The van der Waals surface area contributed by atoms with Crippen LogP contribution in [0.4, 0.5) is 4.39 Å². The molecule has 0 aliphatic carbocycles. The minimum Gasteiger partial charge on any atom is -0.267 e. The fraction of sp³-hybridized carbons (Fsp3) is 0.143. The third-order valence-corrected chi connectivity index (χ3v) is 2.94.